The second-order valence-electron chi connectivity index (χ2n) is 8.61. The number of nitrogens with one attached hydrogen (secondary N) is 1. The van der Waals surface area contributed by atoms with Crippen LogP contribution in [0, 0.1) is 24.1 Å². The number of likely N-dealkylation sites (N-methyl/N-ethyl adjacent to an activating group) is 1. The number of fused-ring (bicyclic) bond motifs is 1. The van der Waals surface area contributed by atoms with Gasteiger partial charge in [0.25, 0.3) is 0 Å². The smallest absolute Gasteiger partial charge is 0.240 e. The average molecular weight is 476 g/mol. The van der Waals surface area contributed by atoms with E-state index in [0.717, 1.165) is 44.0 Å². The zero-order valence-corrected chi connectivity index (χ0v) is 20.1. The number of aromatic amines is 1. The van der Waals surface area contributed by atoms with Crippen LogP contribution in [-0.2, 0) is 0 Å². The van der Waals surface area contributed by atoms with Crippen LogP contribution in [0.3, 0.4) is 0 Å². The predicted molar refractivity (Wildman–Crippen MR) is 134 cm³/mol. The zero-order chi connectivity index (χ0) is 24.9. The van der Waals surface area contributed by atoms with Gasteiger partial charge in [-0.15, -0.1) is 0 Å². The number of hydrogen-bond acceptors (Lipinski definition) is 7. The Morgan fingerprint density at radius 3 is 2.74 bits per heavy atom. The fourth-order valence-electron chi connectivity index (χ4n) is 4.38. The molecule has 1 aliphatic rings. The Labute approximate surface area is 204 Å². The molecule has 0 radical (unpaired) electrons. The zero-order valence-electron chi connectivity index (χ0n) is 20.1. The predicted octanol–water partition coefficient (Wildman–Crippen LogP) is 3.82. The summed E-state index contributed by atoms with van der Waals surface area (Å²) in [5.41, 5.74) is 9.40. The van der Waals surface area contributed by atoms with Crippen molar-refractivity contribution in [2.24, 2.45) is 5.73 Å². The van der Waals surface area contributed by atoms with Crippen LogP contribution in [-0.4, -0.2) is 64.0 Å². The van der Waals surface area contributed by atoms with E-state index >= 15 is 4.39 Å². The van der Waals surface area contributed by atoms with Crippen LogP contribution in [0.4, 0.5) is 4.39 Å². The Kier molecular flexibility index (Phi) is 7.56. The number of halogens is 1. The highest BCUT2D eigenvalue weighted by Crippen LogP contribution is 2.33. The summed E-state index contributed by atoms with van der Waals surface area (Å²) < 4.78 is 20.9. The Morgan fingerprint density at radius 2 is 2.06 bits per heavy atom. The van der Waals surface area contributed by atoms with Crippen molar-refractivity contribution in [1.82, 2.24) is 24.8 Å². The molecule has 1 aromatic carbocycles. The van der Waals surface area contributed by atoms with Crippen molar-refractivity contribution in [3.05, 3.63) is 71.6 Å². The van der Waals surface area contributed by atoms with Crippen LogP contribution < -0.4 is 10.5 Å². The van der Waals surface area contributed by atoms with Gasteiger partial charge in [0.1, 0.15) is 18.0 Å². The third kappa shape index (κ3) is 5.25. The highest BCUT2D eigenvalue weighted by molar-refractivity contribution is 5.82. The van der Waals surface area contributed by atoms with Gasteiger partial charge in [-0.25, -0.2) is 14.4 Å². The van der Waals surface area contributed by atoms with Gasteiger partial charge >= 0.3 is 0 Å². The third-order valence-corrected chi connectivity index (χ3v) is 6.34. The standard InChI is InChI=1S/C26H30FN7O/c1-4-6-18(15-34-11-9-33(5-2)10-12-34)24(29)25-20(14-28)26(31-16-30-25)35-22-8-7-21-19(23(22)27)13-17(3)32-21/h4,6-8,13,16,24,32H,1,5,9-12,15,29H2,2-3H3/b18-6-. The van der Waals surface area contributed by atoms with E-state index in [2.05, 4.69) is 44.3 Å². The molecule has 3 aromatic rings. The van der Waals surface area contributed by atoms with Gasteiger partial charge in [0.2, 0.25) is 5.88 Å². The normalized spacial score (nSPS) is 16.3. The Balaban J connectivity index is 1.60. The molecule has 8 nitrogen and oxygen atoms in total. The molecule has 1 saturated heterocycles. The summed E-state index contributed by atoms with van der Waals surface area (Å²) in [6.07, 6.45) is 4.84. The minimum atomic E-state index is -0.670. The SMILES string of the molecule is C=C/C=C(/CN1CCN(CC)CC1)C(N)c1ncnc(Oc2ccc3[nH]c(C)cc3c2F)c1C#N. The Bertz CT molecular complexity index is 1280. The number of allylic oxidation sites excluding steroid dienone is 2. The van der Waals surface area contributed by atoms with Crippen LogP contribution in [0.2, 0.25) is 0 Å². The van der Waals surface area contributed by atoms with Gasteiger partial charge < -0.3 is 20.4 Å². The lowest BCUT2D eigenvalue weighted by atomic mass is 9.99. The quantitative estimate of drug-likeness (QED) is 0.477. The van der Waals surface area contributed by atoms with Gasteiger partial charge in [0.05, 0.1) is 11.7 Å². The molecule has 3 heterocycles. The summed E-state index contributed by atoms with van der Waals surface area (Å²) >= 11 is 0. The molecule has 0 saturated carbocycles. The number of piperazine rings is 1. The summed E-state index contributed by atoms with van der Waals surface area (Å²) in [6.45, 7) is 13.4. The molecule has 1 aliphatic heterocycles. The number of aryl methyl sites for hydroxylation is 1. The van der Waals surface area contributed by atoms with Crippen LogP contribution in [0.15, 0.2) is 48.8 Å². The van der Waals surface area contributed by atoms with Crippen molar-refractivity contribution in [1.29, 1.82) is 5.26 Å². The number of H-pyrrole nitrogens is 1. The highest BCUT2D eigenvalue weighted by Gasteiger charge is 2.25. The van der Waals surface area contributed by atoms with Gasteiger partial charge in [0, 0.05) is 49.3 Å². The number of nitrogens with two attached hydrogens (primary N) is 1. The summed E-state index contributed by atoms with van der Waals surface area (Å²) in [5, 5.41) is 10.3. The van der Waals surface area contributed by atoms with Gasteiger partial charge in [-0.1, -0.05) is 25.7 Å². The topological polar surface area (TPSA) is 107 Å². The van der Waals surface area contributed by atoms with E-state index in [0.29, 0.717) is 23.1 Å². The molecule has 3 N–H and O–H groups in total. The monoisotopic (exact) mass is 475 g/mol. The van der Waals surface area contributed by atoms with E-state index in [1.807, 2.05) is 13.0 Å². The van der Waals surface area contributed by atoms with Crippen LogP contribution in [0.1, 0.15) is 29.9 Å². The average Bonchev–Trinajstić information content (AvgIpc) is 3.26. The summed E-state index contributed by atoms with van der Waals surface area (Å²) in [4.78, 5) is 16.2. The summed E-state index contributed by atoms with van der Waals surface area (Å²) in [5.74, 6) is -0.589. The lowest BCUT2D eigenvalue weighted by Gasteiger charge is -2.35. The molecule has 0 amide bonds. The fourth-order valence-corrected chi connectivity index (χ4v) is 4.38. The molecule has 0 spiro atoms. The Morgan fingerprint density at radius 1 is 1.31 bits per heavy atom. The minimum Gasteiger partial charge on any atom is -0.434 e. The first-order chi connectivity index (χ1) is 16.9. The van der Waals surface area contributed by atoms with Crippen molar-refractivity contribution in [3.63, 3.8) is 0 Å². The van der Waals surface area contributed by atoms with E-state index in [1.165, 1.54) is 12.4 Å². The van der Waals surface area contributed by atoms with E-state index in [9.17, 15) is 5.26 Å². The lowest BCUT2D eigenvalue weighted by molar-refractivity contribution is 0.144. The van der Waals surface area contributed by atoms with Crippen molar-refractivity contribution in [3.8, 4) is 17.7 Å². The van der Waals surface area contributed by atoms with Gasteiger partial charge in [-0.3, -0.25) is 4.90 Å². The maximum Gasteiger partial charge on any atom is 0.240 e. The van der Waals surface area contributed by atoms with Crippen molar-refractivity contribution < 1.29 is 9.13 Å². The molecule has 0 bridgehead atoms. The first-order valence-electron chi connectivity index (χ1n) is 11.7. The van der Waals surface area contributed by atoms with Crippen molar-refractivity contribution in [2.75, 3.05) is 39.3 Å². The van der Waals surface area contributed by atoms with Crippen LogP contribution in [0.25, 0.3) is 10.9 Å². The van der Waals surface area contributed by atoms with Gasteiger partial charge in [-0.2, -0.15) is 5.26 Å². The molecule has 1 fully saturated rings. The Hall–Kier alpha value is -3.58. The van der Waals surface area contributed by atoms with Gasteiger partial charge in [0.15, 0.2) is 11.6 Å². The molecule has 1 atom stereocenters. The first-order valence-corrected chi connectivity index (χ1v) is 11.7. The molecule has 1 unspecified atom stereocenters. The van der Waals surface area contributed by atoms with E-state index < -0.39 is 11.9 Å². The van der Waals surface area contributed by atoms with E-state index in [4.69, 9.17) is 10.5 Å². The highest BCUT2D eigenvalue weighted by atomic mass is 19.1. The molecule has 4 rings (SSSR count). The largest absolute Gasteiger partial charge is 0.434 e. The third-order valence-electron chi connectivity index (χ3n) is 6.34. The molecule has 0 aliphatic carbocycles. The second-order valence-corrected chi connectivity index (χ2v) is 8.61. The number of nitriles is 1. The number of aromatic nitrogens is 3. The molecule has 35 heavy (non-hydrogen) atoms. The van der Waals surface area contributed by atoms with Crippen molar-refractivity contribution >= 4 is 10.9 Å². The van der Waals surface area contributed by atoms with Crippen LogP contribution >= 0.6 is 0 Å². The fraction of sp³-hybridized carbons (Fsp3) is 0.346. The van der Waals surface area contributed by atoms with Gasteiger partial charge in [-0.05, 0) is 37.2 Å². The number of hydrogen-bond donors (Lipinski definition) is 2. The van der Waals surface area contributed by atoms with E-state index in [1.54, 1.807) is 18.2 Å². The number of rotatable bonds is 8. The van der Waals surface area contributed by atoms with Crippen LogP contribution in [0.5, 0.6) is 11.6 Å². The number of benzene rings is 1. The summed E-state index contributed by atoms with van der Waals surface area (Å²) in [7, 11) is 0. The number of nitrogens with zero attached hydrogens (tertiary/aromatic N) is 5. The maximum absolute atomic E-state index is 15.1. The molecule has 9 heteroatoms. The van der Waals surface area contributed by atoms with E-state index in [-0.39, 0.29) is 17.2 Å². The van der Waals surface area contributed by atoms with Crippen molar-refractivity contribution in [2.45, 2.75) is 19.9 Å². The molecule has 182 valence electrons. The maximum atomic E-state index is 15.1. The molecular formula is C26H30FN7O. The molecule has 2 aromatic heterocycles. The summed E-state index contributed by atoms with van der Waals surface area (Å²) in [6, 6.07) is 6.38. The minimum absolute atomic E-state index is 0.0260. The lowest BCUT2D eigenvalue weighted by Crippen LogP contribution is -2.47. The number of ether oxygens (including phenoxy) is 1. The molecular weight excluding hydrogens is 445 g/mol. The first kappa shape index (κ1) is 24.5. The second kappa shape index (κ2) is 10.8.